The Morgan fingerprint density at radius 2 is 1.78 bits per heavy atom. The molecule has 0 spiro atoms. The van der Waals surface area contributed by atoms with Crippen LogP contribution >= 0.6 is 11.6 Å². The highest BCUT2D eigenvalue weighted by molar-refractivity contribution is 7.91. The first-order valence-corrected chi connectivity index (χ1v) is 13.2. The fourth-order valence-corrected chi connectivity index (χ4v) is 5.25. The summed E-state index contributed by atoms with van der Waals surface area (Å²) in [7, 11) is -3.81. The standard InChI is InChI=1S/C26H24ClN3O6S/c1-17-28-25(29-36-17)20-5-3-7-23(15-20)37(34,35)22-10-8-18(9-11-22)12-13-30(26(32)33)16-24(31)19-4-2-6-21(27)14-19/h2-11,14-15,24,31H,12-13,16H2,1H3,(H,32,33). The zero-order chi connectivity index (χ0) is 26.6. The molecule has 0 fully saturated rings. The Bertz CT molecular complexity index is 1500. The number of halogens is 1. The maximum Gasteiger partial charge on any atom is 0.407 e. The predicted molar refractivity (Wildman–Crippen MR) is 136 cm³/mol. The van der Waals surface area contributed by atoms with Crippen LogP contribution in [0.5, 0.6) is 0 Å². The molecule has 9 nitrogen and oxygen atoms in total. The summed E-state index contributed by atoms with van der Waals surface area (Å²) in [5.74, 6) is 0.674. The molecule has 0 saturated carbocycles. The topological polar surface area (TPSA) is 134 Å². The lowest BCUT2D eigenvalue weighted by Gasteiger charge is -2.23. The van der Waals surface area contributed by atoms with Crippen LogP contribution in [0.25, 0.3) is 11.4 Å². The fraction of sp³-hybridized carbons (Fsp3) is 0.192. The molecule has 1 atom stereocenters. The molecule has 1 unspecified atom stereocenters. The number of rotatable bonds is 9. The molecule has 4 rings (SSSR count). The Labute approximate surface area is 218 Å². The minimum absolute atomic E-state index is 0.0901. The Balaban J connectivity index is 1.44. The summed E-state index contributed by atoms with van der Waals surface area (Å²) in [6.07, 6.45) is -1.87. The van der Waals surface area contributed by atoms with Crippen molar-refractivity contribution < 1.29 is 27.9 Å². The average Bonchev–Trinajstić information content (AvgIpc) is 3.33. The van der Waals surface area contributed by atoms with Crippen molar-refractivity contribution in [2.75, 3.05) is 13.1 Å². The van der Waals surface area contributed by atoms with Crippen molar-refractivity contribution in [1.29, 1.82) is 0 Å². The number of aromatic nitrogens is 2. The molecular weight excluding hydrogens is 518 g/mol. The zero-order valence-corrected chi connectivity index (χ0v) is 21.4. The maximum atomic E-state index is 13.2. The van der Waals surface area contributed by atoms with Gasteiger partial charge in [-0.05, 0) is 53.9 Å². The summed E-state index contributed by atoms with van der Waals surface area (Å²) in [5, 5.41) is 24.3. The van der Waals surface area contributed by atoms with Crippen molar-refractivity contribution in [2.24, 2.45) is 0 Å². The van der Waals surface area contributed by atoms with Crippen molar-refractivity contribution in [3.63, 3.8) is 0 Å². The molecule has 2 N–H and O–H groups in total. The van der Waals surface area contributed by atoms with E-state index in [1.165, 1.54) is 24.3 Å². The molecule has 0 aliphatic rings. The van der Waals surface area contributed by atoms with Crippen LogP contribution in [0.2, 0.25) is 5.02 Å². The number of hydrogen-bond donors (Lipinski definition) is 2. The minimum Gasteiger partial charge on any atom is -0.465 e. The first-order chi connectivity index (χ1) is 17.6. The van der Waals surface area contributed by atoms with E-state index in [9.17, 15) is 23.4 Å². The van der Waals surface area contributed by atoms with Crippen molar-refractivity contribution in [3.05, 3.63) is 94.8 Å². The summed E-state index contributed by atoms with van der Waals surface area (Å²) < 4.78 is 31.3. The van der Waals surface area contributed by atoms with Gasteiger partial charge in [-0.3, -0.25) is 0 Å². The number of amides is 1. The van der Waals surface area contributed by atoms with Crippen LogP contribution in [0.4, 0.5) is 4.79 Å². The summed E-state index contributed by atoms with van der Waals surface area (Å²) >= 11 is 5.96. The van der Waals surface area contributed by atoms with Gasteiger partial charge >= 0.3 is 6.09 Å². The molecule has 3 aromatic carbocycles. The SMILES string of the molecule is Cc1nc(-c2cccc(S(=O)(=O)c3ccc(CCN(CC(O)c4cccc(Cl)c4)C(=O)O)cc3)c2)no1. The maximum absolute atomic E-state index is 13.2. The van der Waals surface area contributed by atoms with Gasteiger partial charge in [-0.1, -0.05) is 53.2 Å². The molecule has 1 aromatic heterocycles. The lowest BCUT2D eigenvalue weighted by molar-refractivity contribution is 0.0973. The highest BCUT2D eigenvalue weighted by Crippen LogP contribution is 2.26. The van der Waals surface area contributed by atoms with Crippen molar-refractivity contribution in [3.8, 4) is 11.4 Å². The number of aryl methyl sites for hydroxylation is 1. The predicted octanol–water partition coefficient (Wildman–Crippen LogP) is 4.79. The fourth-order valence-electron chi connectivity index (χ4n) is 3.75. The average molecular weight is 542 g/mol. The van der Waals surface area contributed by atoms with E-state index in [2.05, 4.69) is 10.1 Å². The van der Waals surface area contributed by atoms with Gasteiger partial charge in [0.1, 0.15) is 0 Å². The van der Waals surface area contributed by atoms with Gasteiger partial charge in [-0.2, -0.15) is 4.98 Å². The van der Waals surface area contributed by atoms with Gasteiger partial charge in [0, 0.05) is 24.1 Å². The summed E-state index contributed by atoms with van der Waals surface area (Å²) in [5.41, 5.74) is 1.79. The Morgan fingerprint density at radius 1 is 1.05 bits per heavy atom. The number of nitrogens with zero attached hydrogens (tertiary/aromatic N) is 3. The molecule has 37 heavy (non-hydrogen) atoms. The van der Waals surface area contributed by atoms with Crippen LogP contribution in [0.1, 0.15) is 23.1 Å². The third kappa shape index (κ3) is 6.34. The van der Waals surface area contributed by atoms with E-state index < -0.39 is 22.0 Å². The van der Waals surface area contributed by atoms with E-state index in [4.69, 9.17) is 16.1 Å². The Kier molecular flexibility index (Phi) is 7.91. The number of aliphatic hydroxyl groups is 1. The van der Waals surface area contributed by atoms with Gasteiger partial charge < -0.3 is 19.6 Å². The molecular formula is C26H24ClN3O6S. The van der Waals surface area contributed by atoms with Crippen molar-refractivity contribution >= 4 is 27.5 Å². The molecule has 11 heteroatoms. The van der Waals surface area contributed by atoms with Gasteiger partial charge in [0.25, 0.3) is 0 Å². The van der Waals surface area contributed by atoms with E-state index >= 15 is 0 Å². The zero-order valence-electron chi connectivity index (χ0n) is 19.8. The lowest BCUT2D eigenvalue weighted by atomic mass is 10.1. The number of benzene rings is 3. The summed E-state index contributed by atoms with van der Waals surface area (Å²) in [4.78, 5) is 17.2. The summed E-state index contributed by atoms with van der Waals surface area (Å²) in [6.45, 7) is 1.64. The van der Waals surface area contributed by atoms with E-state index in [-0.39, 0.29) is 22.9 Å². The number of sulfone groups is 1. The van der Waals surface area contributed by atoms with E-state index in [1.54, 1.807) is 55.5 Å². The van der Waals surface area contributed by atoms with Gasteiger partial charge in [-0.15, -0.1) is 0 Å². The van der Waals surface area contributed by atoms with Gasteiger partial charge in [0.15, 0.2) is 0 Å². The summed E-state index contributed by atoms with van der Waals surface area (Å²) in [6, 6.07) is 19.2. The monoisotopic (exact) mass is 541 g/mol. The molecule has 1 heterocycles. The minimum atomic E-state index is -3.81. The number of carbonyl (C=O) groups is 1. The number of carboxylic acid groups (broad SMARTS) is 1. The van der Waals surface area contributed by atoms with Crippen LogP contribution in [-0.4, -0.2) is 52.9 Å². The van der Waals surface area contributed by atoms with E-state index in [0.29, 0.717) is 34.3 Å². The molecule has 0 aliphatic heterocycles. The largest absolute Gasteiger partial charge is 0.465 e. The molecule has 0 radical (unpaired) electrons. The van der Waals surface area contributed by atoms with Crippen LogP contribution in [-0.2, 0) is 16.3 Å². The first-order valence-electron chi connectivity index (χ1n) is 11.3. The lowest BCUT2D eigenvalue weighted by Crippen LogP contribution is -2.35. The van der Waals surface area contributed by atoms with Crippen molar-refractivity contribution in [1.82, 2.24) is 15.0 Å². The number of hydrogen-bond acceptors (Lipinski definition) is 7. The van der Waals surface area contributed by atoms with E-state index in [1.807, 2.05) is 0 Å². The molecule has 0 bridgehead atoms. The van der Waals surface area contributed by atoms with E-state index in [0.717, 1.165) is 10.5 Å². The van der Waals surface area contributed by atoms with Crippen LogP contribution in [0.15, 0.2) is 87.1 Å². The van der Waals surface area contributed by atoms with Crippen molar-refractivity contribution in [2.45, 2.75) is 29.2 Å². The smallest absolute Gasteiger partial charge is 0.407 e. The van der Waals surface area contributed by atoms with Crippen LogP contribution in [0, 0.1) is 6.92 Å². The second-order valence-corrected chi connectivity index (χ2v) is 10.7. The normalized spacial score (nSPS) is 12.3. The molecule has 192 valence electrons. The van der Waals surface area contributed by atoms with Gasteiger partial charge in [-0.25, -0.2) is 13.2 Å². The van der Waals surface area contributed by atoms with Crippen LogP contribution in [0.3, 0.4) is 0 Å². The second-order valence-electron chi connectivity index (χ2n) is 8.36. The first kappa shape index (κ1) is 26.3. The third-order valence-corrected chi connectivity index (χ3v) is 7.73. The molecule has 4 aromatic rings. The molecule has 1 amide bonds. The second kappa shape index (κ2) is 11.1. The third-order valence-electron chi connectivity index (χ3n) is 5.73. The molecule has 0 aliphatic carbocycles. The Hall–Kier alpha value is -3.73. The molecule has 0 saturated heterocycles. The highest BCUT2D eigenvalue weighted by atomic mass is 35.5. The highest BCUT2D eigenvalue weighted by Gasteiger charge is 2.21. The quantitative estimate of drug-likeness (QED) is 0.309. The number of aliphatic hydroxyl groups excluding tert-OH is 1. The van der Waals surface area contributed by atoms with Gasteiger partial charge in [0.05, 0.1) is 22.4 Å². The Morgan fingerprint density at radius 3 is 2.43 bits per heavy atom. The van der Waals surface area contributed by atoms with Crippen LogP contribution < -0.4 is 0 Å². The van der Waals surface area contributed by atoms with Gasteiger partial charge in [0.2, 0.25) is 21.6 Å².